The van der Waals surface area contributed by atoms with Crippen LogP contribution in [0.1, 0.15) is 34.3 Å². The van der Waals surface area contributed by atoms with Gasteiger partial charge in [0, 0.05) is 11.4 Å². The summed E-state index contributed by atoms with van der Waals surface area (Å²) in [6.45, 7) is 0.822. The molecule has 1 fully saturated rings. The summed E-state index contributed by atoms with van der Waals surface area (Å²) in [6.07, 6.45) is 3.66. The smallest absolute Gasteiger partial charge is 0.290 e. The average Bonchev–Trinajstić information content (AvgIpc) is 3.09. The molecular formula is C13H13NO2S. The summed E-state index contributed by atoms with van der Waals surface area (Å²) in [5.74, 6) is 0.444. The number of thiophene rings is 1. The lowest BCUT2D eigenvalue weighted by Gasteiger charge is -2.22. The molecule has 3 heterocycles. The highest BCUT2D eigenvalue weighted by Gasteiger charge is 2.32. The van der Waals surface area contributed by atoms with Crippen LogP contribution >= 0.6 is 11.3 Å². The second-order valence-electron chi connectivity index (χ2n) is 4.15. The van der Waals surface area contributed by atoms with Gasteiger partial charge in [-0.15, -0.1) is 11.3 Å². The predicted octanol–water partition coefficient (Wildman–Crippen LogP) is 3.32. The van der Waals surface area contributed by atoms with E-state index >= 15 is 0 Å². The van der Waals surface area contributed by atoms with Crippen LogP contribution in [-0.4, -0.2) is 17.4 Å². The molecule has 1 aliphatic heterocycles. The average molecular weight is 247 g/mol. The van der Waals surface area contributed by atoms with Gasteiger partial charge < -0.3 is 9.32 Å². The van der Waals surface area contributed by atoms with Crippen molar-refractivity contribution in [1.29, 1.82) is 0 Å². The summed E-state index contributed by atoms with van der Waals surface area (Å²) < 4.78 is 5.19. The van der Waals surface area contributed by atoms with Gasteiger partial charge in [0.15, 0.2) is 5.76 Å². The first-order valence-electron chi connectivity index (χ1n) is 5.74. The molecule has 4 heteroatoms. The number of hydrogen-bond donors (Lipinski definition) is 0. The van der Waals surface area contributed by atoms with Crippen LogP contribution in [0.15, 0.2) is 40.3 Å². The van der Waals surface area contributed by atoms with E-state index in [1.807, 2.05) is 11.0 Å². The maximum absolute atomic E-state index is 12.3. The summed E-state index contributed by atoms with van der Waals surface area (Å²) in [6, 6.07) is 7.85. The van der Waals surface area contributed by atoms with Crippen molar-refractivity contribution in [2.45, 2.75) is 18.9 Å². The van der Waals surface area contributed by atoms with Crippen molar-refractivity contribution in [3.8, 4) is 0 Å². The summed E-state index contributed by atoms with van der Waals surface area (Å²) in [7, 11) is 0. The second-order valence-corrected chi connectivity index (χ2v) is 5.13. The molecule has 88 valence electrons. The van der Waals surface area contributed by atoms with E-state index in [0.717, 1.165) is 19.4 Å². The number of rotatable bonds is 2. The monoisotopic (exact) mass is 247 g/mol. The Bertz CT molecular complexity index is 489. The van der Waals surface area contributed by atoms with Crippen LogP contribution in [0.4, 0.5) is 0 Å². The van der Waals surface area contributed by atoms with Crippen molar-refractivity contribution >= 4 is 17.2 Å². The maximum Gasteiger partial charge on any atom is 0.290 e. The number of furan rings is 1. The van der Waals surface area contributed by atoms with Gasteiger partial charge in [0.05, 0.1) is 12.3 Å². The van der Waals surface area contributed by atoms with Crippen molar-refractivity contribution < 1.29 is 9.21 Å². The van der Waals surface area contributed by atoms with E-state index in [-0.39, 0.29) is 11.9 Å². The zero-order valence-electron chi connectivity index (χ0n) is 9.33. The molecule has 0 radical (unpaired) electrons. The second kappa shape index (κ2) is 4.37. The fourth-order valence-electron chi connectivity index (χ4n) is 2.33. The highest BCUT2D eigenvalue weighted by Crippen LogP contribution is 2.35. The third-order valence-electron chi connectivity index (χ3n) is 3.12. The highest BCUT2D eigenvalue weighted by molar-refractivity contribution is 7.10. The van der Waals surface area contributed by atoms with Gasteiger partial charge in [-0.3, -0.25) is 4.79 Å². The molecule has 2 aromatic heterocycles. The van der Waals surface area contributed by atoms with Gasteiger partial charge in [-0.2, -0.15) is 0 Å². The van der Waals surface area contributed by atoms with Crippen LogP contribution < -0.4 is 0 Å². The quantitative estimate of drug-likeness (QED) is 0.815. The zero-order valence-corrected chi connectivity index (χ0v) is 10.2. The number of hydrogen-bond acceptors (Lipinski definition) is 3. The van der Waals surface area contributed by atoms with Crippen molar-refractivity contribution in [2.75, 3.05) is 6.54 Å². The zero-order chi connectivity index (χ0) is 11.7. The van der Waals surface area contributed by atoms with E-state index < -0.39 is 0 Å². The van der Waals surface area contributed by atoms with E-state index in [0.29, 0.717) is 5.76 Å². The van der Waals surface area contributed by atoms with E-state index in [4.69, 9.17) is 4.42 Å². The van der Waals surface area contributed by atoms with E-state index in [9.17, 15) is 4.79 Å². The van der Waals surface area contributed by atoms with Gasteiger partial charge in [0.2, 0.25) is 0 Å². The standard InChI is InChI=1S/C13H13NO2S/c15-13(11-5-2-8-16-11)14-7-1-4-10(14)12-6-3-9-17-12/h2-3,5-6,8-10H,1,4,7H2. The minimum absolute atomic E-state index is 0.00546. The number of carbonyl (C=O) groups excluding carboxylic acids is 1. The molecule has 0 aromatic carbocycles. The first-order chi connectivity index (χ1) is 8.36. The lowest BCUT2D eigenvalue weighted by atomic mass is 10.2. The Morgan fingerprint density at radius 3 is 3.06 bits per heavy atom. The summed E-state index contributed by atoms with van der Waals surface area (Å²) in [4.78, 5) is 15.4. The Kier molecular flexibility index (Phi) is 2.73. The third kappa shape index (κ3) is 1.89. The minimum atomic E-state index is 0.00546. The van der Waals surface area contributed by atoms with Gasteiger partial charge in [-0.1, -0.05) is 6.07 Å². The van der Waals surface area contributed by atoms with Crippen LogP contribution in [0.3, 0.4) is 0 Å². The fourth-order valence-corrected chi connectivity index (χ4v) is 3.20. The molecule has 2 aromatic rings. The molecule has 0 spiro atoms. The van der Waals surface area contributed by atoms with Crippen molar-refractivity contribution in [3.05, 3.63) is 46.5 Å². The molecule has 0 N–H and O–H groups in total. The normalized spacial score (nSPS) is 19.8. The summed E-state index contributed by atoms with van der Waals surface area (Å²) >= 11 is 1.71. The Balaban J connectivity index is 1.85. The summed E-state index contributed by atoms with van der Waals surface area (Å²) in [5, 5.41) is 2.06. The van der Waals surface area contributed by atoms with E-state index in [1.165, 1.54) is 4.88 Å². The molecule has 0 saturated carbocycles. The van der Waals surface area contributed by atoms with Crippen LogP contribution in [0, 0.1) is 0 Å². The molecule has 1 atom stereocenters. The van der Waals surface area contributed by atoms with E-state index in [2.05, 4.69) is 11.4 Å². The van der Waals surface area contributed by atoms with Crippen molar-refractivity contribution in [3.63, 3.8) is 0 Å². The number of amides is 1. The molecule has 1 saturated heterocycles. The first kappa shape index (κ1) is 10.6. The van der Waals surface area contributed by atoms with Crippen molar-refractivity contribution in [1.82, 2.24) is 4.90 Å². The fraction of sp³-hybridized carbons (Fsp3) is 0.308. The largest absolute Gasteiger partial charge is 0.459 e. The van der Waals surface area contributed by atoms with Crippen LogP contribution in [0.25, 0.3) is 0 Å². The van der Waals surface area contributed by atoms with Gasteiger partial charge in [0.1, 0.15) is 0 Å². The number of nitrogens with zero attached hydrogens (tertiary/aromatic N) is 1. The Labute approximate surface area is 104 Å². The molecule has 3 rings (SSSR count). The highest BCUT2D eigenvalue weighted by atomic mass is 32.1. The Morgan fingerprint density at radius 1 is 1.41 bits per heavy atom. The molecule has 0 bridgehead atoms. The number of likely N-dealkylation sites (tertiary alicyclic amines) is 1. The first-order valence-corrected chi connectivity index (χ1v) is 6.62. The van der Waals surface area contributed by atoms with Crippen molar-refractivity contribution in [2.24, 2.45) is 0 Å². The Morgan fingerprint density at radius 2 is 2.35 bits per heavy atom. The SMILES string of the molecule is O=C(c1ccco1)N1CCCC1c1cccs1. The van der Waals surface area contributed by atoms with Crippen LogP contribution in [-0.2, 0) is 0 Å². The lowest BCUT2D eigenvalue weighted by molar-refractivity contribution is 0.0705. The van der Waals surface area contributed by atoms with E-state index in [1.54, 1.807) is 29.7 Å². The topological polar surface area (TPSA) is 33.5 Å². The summed E-state index contributed by atoms with van der Waals surface area (Å²) in [5.41, 5.74) is 0. The lowest BCUT2D eigenvalue weighted by Crippen LogP contribution is -2.29. The minimum Gasteiger partial charge on any atom is -0.459 e. The van der Waals surface area contributed by atoms with Gasteiger partial charge >= 0.3 is 0 Å². The molecule has 17 heavy (non-hydrogen) atoms. The van der Waals surface area contributed by atoms with Crippen LogP contribution in [0.5, 0.6) is 0 Å². The molecular weight excluding hydrogens is 234 g/mol. The third-order valence-corrected chi connectivity index (χ3v) is 4.09. The molecule has 3 nitrogen and oxygen atoms in total. The molecule has 0 aliphatic carbocycles. The maximum atomic E-state index is 12.3. The number of carbonyl (C=O) groups is 1. The van der Waals surface area contributed by atoms with Gasteiger partial charge in [0.25, 0.3) is 5.91 Å². The van der Waals surface area contributed by atoms with Crippen LogP contribution in [0.2, 0.25) is 0 Å². The molecule has 1 unspecified atom stereocenters. The van der Waals surface area contributed by atoms with Gasteiger partial charge in [-0.05, 0) is 36.4 Å². The molecule has 1 amide bonds. The Hall–Kier alpha value is -1.55. The predicted molar refractivity (Wildman–Crippen MR) is 66.0 cm³/mol. The van der Waals surface area contributed by atoms with Gasteiger partial charge in [-0.25, -0.2) is 0 Å². The molecule has 1 aliphatic rings.